The molecule has 0 saturated heterocycles. The van der Waals surface area contributed by atoms with Gasteiger partial charge in [-0.2, -0.15) is 0 Å². The fourth-order valence-corrected chi connectivity index (χ4v) is 5.74. The van der Waals surface area contributed by atoms with Crippen LogP contribution in [0.25, 0.3) is 0 Å². The van der Waals surface area contributed by atoms with Gasteiger partial charge in [-0.1, -0.05) is 29.3 Å². The van der Waals surface area contributed by atoms with Crippen LogP contribution in [0.3, 0.4) is 0 Å². The van der Waals surface area contributed by atoms with Gasteiger partial charge in [-0.15, -0.1) is 0 Å². The zero-order valence-electron chi connectivity index (χ0n) is 11.2. The van der Waals surface area contributed by atoms with Crippen LogP contribution in [0.2, 0.25) is 0 Å². The summed E-state index contributed by atoms with van der Waals surface area (Å²) in [7, 11) is -3.60. The Morgan fingerprint density at radius 1 is 1.35 bits per heavy atom. The molecule has 112 valence electrons. The highest BCUT2D eigenvalue weighted by Crippen LogP contribution is 2.43. The molecule has 4 nitrogen and oxygen atoms in total. The van der Waals surface area contributed by atoms with Crippen molar-refractivity contribution in [2.24, 2.45) is 5.41 Å². The number of rotatable bonds is 5. The van der Waals surface area contributed by atoms with Crippen LogP contribution in [0.15, 0.2) is 26.0 Å². The Morgan fingerprint density at radius 3 is 2.45 bits per heavy atom. The second-order valence-electron chi connectivity index (χ2n) is 5.34. The van der Waals surface area contributed by atoms with Crippen LogP contribution in [-0.4, -0.2) is 15.0 Å². The molecule has 0 aliphatic heterocycles. The van der Waals surface area contributed by atoms with Crippen LogP contribution in [0, 0.1) is 5.41 Å². The van der Waals surface area contributed by atoms with E-state index in [4.69, 9.17) is 5.73 Å². The Balaban J connectivity index is 2.23. The molecule has 1 aliphatic carbocycles. The van der Waals surface area contributed by atoms with Crippen LogP contribution < -0.4 is 10.5 Å². The average molecular weight is 426 g/mol. The van der Waals surface area contributed by atoms with Crippen molar-refractivity contribution in [3.8, 4) is 0 Å². The van der Waals surface area contributed by atoms with E-state index in [0.29, 0.717) is 11.0 Å². The molecule has 3 N–H and O–H groups in total. The molecule has 7 heteroatoms. The first-order chi connectivity index (χ1) is 9.30. The molecule has 0 radical (unpaired) electrons. The molecule has 0 bridgehead atoms. The fourth-order valence-electron chi connectivity index (χ4n) is 2.52. The third-order valence-electron chi connectivity index (χ3n) is 4.11. The summed E-state index contributed by atoms with van der Waals surface area (Å²) >= 11 is 6.56. The SMILES string of the molecule is CCC1(CNS(=O)(=O)c2c(N)cc(Br)cc2Br)CCC1. The summed E-state index contributed by atoms with van der Waals surface area (Å²) in [6.45, 7) is 2.59. The van der Waals surface area contributed by atoms with E-state index in [-0.39, 0.29) is 16.0 Å². The molecule has 1 aliphatic rings. The van der Waals surface area contributed by atoms with E-state index in [0.717, 1.165) is 23.7 Å². The van der Waals surface area contributed by atoms with Crippen molar-refractivity contribution in [3.63, 3.8) is 0 Å². The number of anilines is 1. The van der Waals surface area contributed by atoms with Crippen molar-refractivity contribution in [1.82, 2.24) is 4.72 Å². The molecule has 20 heavy (non-hydrogen) atoms. The summed E-state index contributed by atoms with van der Waals surface area (Å²) < 4.78 is 28.8. The molecule has 2 rings (SSSR count). The Kier molecular flexibility index (Phi) is 4.83. The van der Waals surface area contributed by atoms with E-state index in [1.165, 1.54) is 6.42 Å². The Bertz CT molecular complexity index is 584. The maximum Gasteiger partial charge on any atom is 0.243 e. The van der Waals surface area contributed by atoms with Gasteiger partial charge in [0.2, 0.25) is 10.0 Å². The third-order valence-corrected chi connectivity index (χ3v) is 6.97. The maximum atomic E-state index is 12.5. The zero-order chi connectivity index (χ0) is 15.0. The van der Waals surface area contributed by atoms with Crippen LogP contribution in [0.4, 0.5) is 5.69 Å². The number of nitrogens with one attached hydrogen (secondary N) is 1. The standard InChI is InChI=1S/C13H18Br2N2O2S/c1-2-13(4-3-5-13)8-17-20(18,19)12-10(15)6-9(14)7-11(12)16/h6-7,17H,2-5,8,16H2,1H3. The van der Waals surface area contributed by atoms with Crippen molar-refractivity contribution < 1.29 is 8.42 Å². The van der Waals surface area contributed by atoms with Gasteiger partial charge in [-0.3, -0.25) is 0 Å². The molecule has 0 aromatic heterocycles. The normalized spacial score (nSPS) is 17.8. The molecular formula is C13H18Br2N2O2S. The fraction of sp³-hybridized carbons (Fsp3) is 0.538. The molecule has 1 fully saturated rings. The van der Waals surface area contributed by atoms with Crippen molar-refractivity contribution in [3.05, 3.63) is 21.1 Å². The third kappa shape index (κ3) is 3.21. The van der Waals surface area contributed by atoms with Crippen LogP contribution >= 0.6 is 31.9 Å². The number of halogens is 2. The maximum absolute atomic E-state index is 12.5. The van der Waals surface area contributed by atoms with Crippen LogP contribution in [0.1, 0.15) is 32.6 Å². The minimum absolute atomic E-state index is 0.117. The molecule has 1 saturated carbocycles. The highest BCUT2D eigenvalue weighted by molar-refractivity contribution is 9.11. The summed E-state index contributed by atoms with van der Waals surface area (Å²) in [4.78, 5) is 0.117. The van der Waals surface area contributed by atoms with Crippen LogP contribution in [-0.2, 0) is 10.0 Å². The first-order valence-corrected chi connectivity index (χ1v) is 9.61. The summed E-state index contributed by atoms with van der Waals surface area (Å²) in [5, 5.41) is 0. The van der Waals surface area contributed by atoms with E-state index in [2.05, 4.69) is 43.5 Å². The molecule has 0 amide bonds. The molecule has 0 unspecified atom stereocenters. The van der Waals surface area contributed by atoms with Gasteiger partial charge in [0.15, 0.2) is 0 Å². The van der Waals surface area contributed by atoms with Gasteiger partial charge in [0.25, 0.3) is 0 Å². The van der Waals surface area contributed by atoms with Gasteiger partial charge < -0.3 is 5.73 Å². The van der Waals surface area contributed by atoms with Crippen LogP contribution in [0.5, 0.6) is 0 Å². The Labute approximate surface area is 136 Å². The Hall–Kier alpha value is -0.110. The summed E-state index contributed by atoms with van der Waals surface area (Å²) in [6.07, 6.45) is 4.35. The minimum atomic E-state index is -3.60. The van der Waals surface area contributed by atoms with Gasteiger partial charge in [0.05, 0.1) is 5.69 Å². The molecular weight excluding hydrogens is 408 g/mol. The zero-order valence-corrected chi connectivity index (χ0v) is 15.2. The largest absolute Gasteiger partial charge is 0.398 e. The molecule has 0 heterocycles. The number of hydrogen-bond donors (Lipinski definition) is 2. The average Bonchev–Trinajstić information content (AvgIpc) is 2.25. The second kappa shape index (κ2) is 5.94. The second-order valence-corrected chi connectivity index (χ2v) is 8.81. The topological polar surface area (TPSA) is 72.2 Å². The highest BCUT2D eigenvalue weighted by Gasteiger charge is 2.36. The van der Waals surface area contributed by atoms with E-state index in [1.807, 2.05) is 0 Å². The number of nitrogen functional groups attached to an aromatic ring is 1. The van der Waals surface area contributed by atoms with Crippen molar-refractivity contribution in [1.29, 1.82) is 0 Å². The van der Waals surface area contributed by atoms with E-state index < -0.39 is 10.0 Å². The lowest BCUT2D eigenvalue weighted by atomic mass is 9.67. The number of sulfonamides is 1. The summed E-state index contributed by atoms with van der Waals surface area (Å²) in [5.41, 5.74) is 6.21. The van der Waals surface area contributed by atoms with Gasteiger partial charge in [0, 0.05) is 15.5 Å². The van der Waals surface area contributed by atoms with Crippen molar-refractivity contribution in [2.45, 2.75) is 37.5 Å². The van der Waals surface area contributed by atoms with Gasteiger partial charge in [-0.05, 0) is 52.7 Å². The number of hydrogen-bond acceptors (Lipinski definition) is 3. The number of benzene rings is 1. The molecule has 1 aromatic carbocycles. The predicted molar refractivity (Wildman–Crippen MR) is 88.0 cm³/mol. The lowest BCUT2D eigenvalue weighted by Crippen LogP contribution is -2.41. The van der Waals surface area contributed by atoms with E-state index in [1.54, 1.807) is 12.1 Å². The first kappa shape index (κ1) is 16.3. The van der Waals surface area contributed by atoms with Gasteiger partial charge >= 0.3 is 0 Å². The predicted octanol–water partition coefficient (Wildman–Crippen LogP) is 3.65. The first-order valence-electron chi connectivity index (χ1n) is 6.54. The lowest BCUT2D eigenvalue weighted by Gasteiger charge is -2.41. The minimum Gasteiger partial charge on any atom is -0.398 e. The quantitative estimate of drug-likeness (QED) is 0.707. The number of nitrogens with two attached hydrogens (primary N) is 1. The molecule has 1 aromatic rings. The highest BCUT2D eigenvalue weighted by atomic mass is 79.9. The monoisotopic (exact) mass is 424 g/mol. The van der Waals surface area contributed by atoms with E-state index in [9.17, 15) is 8.42 Å². The van der Waals surface area contributed by atoms with Gasteiger partial charge in [-0.25, -0.2) is 13.1 Å². The van der Waals surface area contributed by atoms with E-state index >= 15 is 0 Å². The lowest BCUT2D eigenvalue weighted by molar-refractivity contribution is 0.133. The summed E-state index contributed by atoms with van der Waals surface area (Å²) in [6, 6.07) is 3.28. The molecule has 0 spiro atoms. The smallest absolute Gasteiger partial charge is 0.243 e. The van der Waals surface area contributed by atoms with Gasteiger partial charge in [0.1, 0.15) is 4.90 Å². The van der Waals surface area contributed by atoms with Crippen molar-refractivity contribution >= 4 is 47.6 Å². The summed E-state index contributed by atoms with van der Waals surface area (Å²) in [5.74, 6) is 0. The Morgan fingerprint density at radius 2 is 2.00 bits per heavy atom. The molecule has 0 atom stereocenters. The van der Waals surface area contributed by atoms with Crippen molar-refractivity contribution in [2.75, 3.05) is 12.3 Å².